The van der Waals surface area contributed by atoms with Crippen molar-refractivity contribution in [3.8, 4) is 0 Å². The topological polar surface area (TPSA) is 77.8 Å². The summed E-state index contributed by atoms with van der Waals surface area (Å²) in [7, 11) is 0. The van der Waals surface area contributed by atoms with Crippen LogP contribution in [0.4, 0.5) is 20.2 Å². The van der Waals surface area contributed by atoms with Crippen LogP contribution < -0.4 is 11.5 Å². The number of benzene rings is 1. The van der Waals surface area contributed by atoms with Crippen LogP contribution in [-0.2, 0) is 0 Å². The van der Waals surface area contributed by atoms with E-state index in [-0.39, 0.29) is 22.4 Å². The molecule has 1 aromatic heterocycles. The molecule has 0 unspecified atom stereocenters. The first-order valence-electron chi connectivity index (χ1n) is 3.27. The van der Waals surface area contributed by atoms with Crippen molar-refractivity contribution in [1.29, 1.82) is 0 Å². The number of hydrogen-bond donors (Lipinski definition) is 2. The molecular formula is C6H4F2N4S. The summed E-state index contributed by atoms with van der Waals surface area (Å²) < 4.78 is 33.3. The molecule has 0 atom stereocenters. The Labute approximate surface area is 75.5 Å². The summed E-state index contributed by atoms with van der Waals surface area (Å²) >= 11 is 0.805. The quantitative estimate of drug-likeness (QED) is 0.628. The fraction of sp³-hybridized carbons (Fsp3) is 0. The van der Waals surface area contributed by atoms with Gasteiger partial charge in [-0.25, -0.2) is 8.78 Å². The monoisotopic (exact) mass is 202 g/mol. The third-order valence-electron chi connectivity index (χ3n) is 1.66. The standard InChI is InChI=1S/C6H4F2N4S/c7-1-2(8)4(10)6-5(3(1)9)11-13-12-6/h9-10H2. The molecular weight excluding hydrogens is 198 g/mol. The SMILES string of the molecule is Nc1c(F)c(F)c(N)c2nsnc12. The number of nitrogen functional groups attached to an aromatic ring is 2. The number of halogens is 2. The molecule has 2 aromatic rings. The van der Waals surface area contributed by atoms with Gasteiger partial charge in [-0.3, -0.25) is 0 Å². The highest BCUT2D eigenvalue weighted by molar-refractivity contribution is 7.00. The summed E-state index contributed by atoms with van der Waals surface area (Å²) in [6, 6.07) is 0. The van der Waals surface area contributed by atoms with E-state index in [2.05, 4.69) is 8.75 Å². The fourth-order valence-corrected chi connectivity index (χ4v) is 1.56. The van der Waals surface area contributed by atoms with E-state index in [1.54, 1.807) is 0 Å². The van der Waals surface area contributed by atoms with E-state index in [9.17, 15) is 8.78 Å². The van der Waals surface area contributed by atoms with Crippen LogP contribution in [-0.4, -0.2) is 8.75 Å². The van der Waals surface area contributed by atoms with Crippen molar-refractivity contribution in [2.75, 3.05) is 11.5 Å². The average molecular weight is 202 g/mol. The molecule has 13 heavy (non-hydrogen) atoms. The van der Waals surface area contributed by atoms with Crippen LogP contribution in [0.1, 0.15) is 0 Å². The molecule has 1 heterocycles. The first-order chi connectivity index (χ1) is 6.13. The van der Waals surface area contributed by atoms with Gasteiger partial charge in [0.25, 0.3) is 0 Å². The number of hydrogen-bond acceptors (Lipinski definition) is 5. The van der Waals surface area contributed by atoms with E-state index in [4.69, 9.17) is 11.5 Å². The second-order valence-electron chi connectivity index (χ2n) is 2.42. The van der Waals surface area contributed by atoms with Gasteiger partial charge in [0.1, 0.15) is 22.4 Å². The van der Waals surface area contributed by atoms with E-state index in [0.29, 0.717) is 0 Å². The van der Waals surface area contributed by atoms with Gasteiger partial charge >= 0.3 is 0 Å². The van der Waals surface area contributed by atoms with Crippen molar-refractivity contribution in [1.82, 2.24) is 8.75 Å². The van der Waals surface area contributed by atoms with Crippen molar-refractivity contribution < 1.29 is 8.78 Å². The molecule has 0 spiro atoms. The van der Waals surface area contributed by atoms with Gasteiger partial charge in [0.15, 0.2) is 11.6 Å². The van der Waals surface area contributed by atoms with Gasteiger partial charge in [-0.1, -0.05) is 0 Å². The fourth-order valence-electron chi connectivity index (χ4n) is 0.986. The predicted molar refractivity (Wildman–Crippen MR) is 46.2 cm³/mol. The van der Waals surface area contributed by atoms with Gasteiger partial charge in [0.2, 0.25) is 0 Å². The largest absolute Gasteiger partial charge is 0.394 e. The van der Waals surface area contributed by atoms with Crippen LogP contribution in [0.5, 0.6) is 0 Å². The third-order valence-corrected chi connectivity index (χ3v) is 2.19. The maximum atomic E-state index is 13.0. The lowest BCUT2D eigenvalue weighted by molar-refractivity contribution is 0.517. The highest BCUT2D eigenvalue weighted by atomic mass is 32.1. The minimum Gasteiger partial charge on any atom is -0.394 e. The number of rotatable bonds is 0. The molecule has 7 heteroatoms. The van der Waals surface area contributed by atoms with Crippen LogP contribution in [0.15, 0.2) is 0 Å². The lowest BCUT2D eigenvalue weighted by atomic mass is 10.2. The summed E-state index contributed by atoms with van der Waals surface area (Å²) in [6.07, 6.45) is 0. The molecule has 0 aliphatic rings. The Balaban J connectivity index is 3.02. The summed E-state index contributed by atoms with van der Waals surface area (Å²) in [5.41, 5.74) is 10.1. The van der Waals surface area contributed by atoms with Gasteiger partial charge in [0.05, 0.1) is 11.7 Å². The number of anilines is 2. The van der Waals surface area contributed by atoms with Gasteiger partial charge in [-0.2, -0.15) is 8.75 Å². The Morgan fingerprint density at radius 2 is 1.31 bits per heavy atom. The van der Waals surface area contributed by atoms with E-state index in [0.717, 1.165) is 11.7 Å². The number of nitrogens with zero attached hydrogens (tertiary/aromatic N) is 2. The molecule has 0 saturated carbocycles. The van der Waals surface area contributed by atoms with E-state index in [1.807, 2.05) is 0 Å². The molecule has 2 rings (SSSR count). The van der Waals surface area contributed by atoms with Crippen LogP contribution in [0.3, 0.4) is 0 Å². The molecule has 0 aliphatic heterocycles. The normalized spacial score (nSPS) is 10.9. The van der Waals surface area contributed by atoms with Crippen molar-refractivity contribution in [3.63, 3.8) is 0 Å². The highest BCUT2D eigenvalue weighted by Gasteiger charge is 2.18. The zero-order chi connectivity index (χ0) is 9.59. The maximum absolute atomic E-state index is 13.0. The maximum Gasteiger partial charge on any atom is 0.186 e. The molecule has 68 valence electrons. The number of nitrogens with two attached hydrogens (primary N) is 2. The molecule has 0 bridgehead atoms. The Kier molecular flexibility index (Phi) is 1.56. The molecule has 0 saturated heterocycles. The van der Waals surface area contributed by atoms with E-state index >= 15 is 0 Å². The number of aromatic nitrogens is 2. The van der Waals surface area contributed by atoms with E-state index < -0.39 is 11.6 Å². The summed E-state index contributed by atoms with van der Waals surface area (Å²) in [5.74, 6) is -2.34. The summed E-state index contributed by atoms with van der Waals surface area (Å²) in [6.45, 7) is 0. The predicted octanol–water partition coefficient (Wildman–Crippen LogP) is 1.13. The van der Waals surface area contributed by atoms with Crippen LogP contribution >= 0.6 is 11.7 Å². The minimum absolute atomic E-state index is 0.112. The molecule has 0 amide bonds. The summed E-state index contributed by atoms with van der Waals surface area (Å²) in [4.78, 5) is 0. The highest BCUT2D eigenvalue weighted by Crippen LogP contribution is 2.30. The van der Waals surface area contributed by atoms with Gasteiger partial charge in [0, 0.05) is 0 Å². The van der Waals surface area contributed by atoms with Gasteiger partial charge in [-0.05, 0) is 0 Å². The second kappa shape index (κ2) is 2.49. The van der Waals surface area contributed by atoms with Crippen molar-refractivity contribution >= 4 is 34.1 Å². The van der Waals surface area contributed by atoms with Crippen LogP contribution in [0.2, 0.25) is 0 Å². The Morgan fingerprint density at radius 3 is 1.69 bits per heavy atom. The molecule has 4 nitrogen and oxygen atoms in total. The molecule has 0 aliphatic carbocycles. The lowest BCUT2D eigenvalue weighted by Gasteiger charge is -2.01. The number of fused-ring (bicyclic) bond motifs is 1. The smallest absolute Gasteiger partial charge is 0.186 e. The first kappa shape index (κ1) is 8.11. The van der Waals surface area contributed by atoms with Gasteiger partial charge < -0.3 is 11.5 Å². The van der Waals surface area contributed by atoms with Gasteiger partial charge in [-0.15, -0.1) is 0 Å². The molecule has 0 fully saturated rings. The second-order valence-corrected chi connectivity index (χ2v) is 2.95. The van der Waals surface area contributed by atoms with Crippen LogP contribution in [0.25, 0.3) is 11.0 Å². The summed E-state index contributed by atoms with van der Waals surface area (Å²) in [5, 5.41) is 0. The average Bonchev–Trinajstić information content (AvgIpc) is 2.59. The Bertz CT molecular complexity index is 439. The Hall–Kier alpha value is -1.50. The van der Waals surface area contributed by atoms with Crippen molar-refractivity contribution in [2.24, 2.45) is 0 Å². The zero-order valence-corrected chi connectivity index (χ0v) is 7.03. The van der Waals surface area contributed by atoms with Crippen LogP contribution in [0, 0.1) is 11.6 Å². The molecule has 0 radical (unpaired) electrons. The first-order valence-corrected chi connectivity index (χ1v) is 4.00. The Morgan fingerprint density at radius 1 is 0.923 bits per heavy atom. The van der Waals surface area contributed by atoms with Crippen molar-refractivity contribution in [2.45, 2.75) is 0 Å². The zero-order valence-electron chi connectivity index (χ0n) is 6.21. The minimum atomic E-state index is -1.17. The molecule has 4 N–H and O–H groups in total. The lowest BCUT2D eigenvalue weighted by Crippen LogP contribution is -2.01. The molecule has 1 aromatic carbocycles. The van der Waals surface area contributed by atoms with Crippen molar-refractivity contribution in [3.05, 3.63) is 11.6 Å². The van der Waals surface area contributed by atoms with E-state index in [1.165, 1.54) is 0 Å². The third kappa shape index (κ3) is 0.934.